The van der Waals surface area contributed by atoms with Gasteiger partial charge in [-0.15, -0.1) is 0 Å². The SMILES string of the molecule is O=C(CN1C(=O)NC2(CCCCC2)C1=O)NCc1ccc(Cl)cc1Cl. The molecule has 1 spiro atoms. The Hall–Kier alpha value is -1.79. The molecule has 25 heavy (non-hydrogen) atoms. The van der Waals surface area contributed by atoms with Crippen LogP contribution in [-0.4, -0.2) is 34.8 Å². The molecule has 0 unspecified atom stereocenters. The number of carbonyl (C=O) groups is 3. The van der Waals surface area contributed by atoms with Gasteiger partial charge in [-0.25, -0.2) is 4.79 Å². The fourth-order valence-electron chi connectivity index (χ4n) is 3.37. The lowest BCUT2D eigenvalue weighted by atomic mass is 9.82. The van der Waals surface area contributed by atoms with Crippen LogP contribution in [0.3, 0.4) is 0 Å². The summed E-state index contributed by atoms with van der Waals surface area (Å²) in [7, 11) is 0. The van der Waals surface area contributed by atoms with Gasteiger partial charge < -0.3 is 10.6 Å². The molecule has 1 aliphatic carbocycles. The third-order valence-electron chi connectivity index (χ3n) is 4.75. The summed E-state index contributed by atoms with van der Waals surface area (Å²) in [4.78, 5) is 37.9. The number of imide groups is 1. The number of benzene rings is 1. The number of hydrogen-bond acceptors (Lipinski definition) is 3. The minimum atomic E-state index is -0.810. The van der Waals surface area contributed by atoms with E-state index in [4.69, 9.17) is 23.2 Å². The number of rotatable bonds is 4. The van der Waals surface area contributed by atoms with E-state index in [1.165, 1.54) is 0 Å². The van der Waals surface area contributed by atoms with Crippen LogP contribution in [-0.2, 0) is 16.1 Å². The number of halogens is 2. The van der Waals surface area contributed by atoms with Crippen LogP contribution in [0.4, 0.5) is 4.79 Å². The van der Waals surface area contributed by atoms with E-state index in [0.717, 1.165) is 24.2 Å². The van der Waals surface area contributed by atoms with Gasteiger partial charge in [-0.05, 0) is 30.5 Å². The van der Waals surface area contributed by atoms with E-state index >= 15 is 0 Å². The molecule has 1 aromatic rings. The molecule has 0 radical (unpaired) electrons. The Balaban J connectivity index is 1.59. The number of amides is 4. The third-order valence-corrected chi connectivity index (χ3v) is 5.33. The van der Waals surface area contributed by atoms with Gasteiger partial charge in [0, 0.05) is 16.6 Å². The van der Waals surface area contributed by atoms with Crippen molar-refractivity contribution in [2.45, 2.75) is 44.2 Å². The zero-order chi connectivity index (χ0) is 18.0. The molecule has 2 N–H and O–H groups in total. The molecule has 134 valence electrons. The second-order valence-electron chi connectivity index (χ2n) is 6.48. The van der Waals surface area contributed by atoms with Crippen LogP contribution < -0.4 is 10.6 Å². The molecule has 3 rings (SSSR count). The van der Waals surface area contributed by atoms with E-state index in [1.807, 2.05) is 0 Å². The summed E-state index contributed by atoms with van der Waals surface area (Å²) in [5.41, 5.74) is -0.102. The smallest absolute Gasteiger partial charge is 0.325 e. The maximum Gasteiger partial charge on any atom is 0.325 e. The van der Waals surface area contributed by atoms with Gasteiger partial charge in [-0.2, -0.15) is 0 Å². The summed E-state index contributed by atoms with van der Waals surface area (Å²) in [5.74, 6) is -0.709. The minimum Gasteiger partial charge on any atom is -0.350 e. The van der Waals surface area contributed by atoms with Crippen molar-refractivity contribution in [1.29, 1.82) is 0 Å². The van der Waals surface area contributed by atoms with E-state index in [1.54, 1.807) is 18.2 Å². The predicted octanol–water partition coefficient (Wildman–Crippen LogP) is 2.86. The van der Waals surface area contributed by atoms with Gasteiger partial charge in [0.05, 0.1) is 0 Å². The topological polar surface area (TPSA) is 78.5 Å². The van der Waals surface area contributed by atoms with Crippen LogP contribution in [0.25, 0.3) is 0 Å². The Morgan fingerprint density at radius 2 is 1.92 bits per heavy atom. The zero-order valence-corrected chi connectivity index (χ0v) is 15.1. The molecule has 1 saturated heterocycles. The molecule has 2 aliphatic rings. The van der Waals surface area contributed by atoms with Crippen LogP contribution in [0.1, 0.15) is 37.7 Å². The van der Waals surface area contributed by atoms with E-state index in [-0.39, 0.29) is 19.0 Å². The molecule has 4 amide bonds. The quantitative estimate of drug-likeness (QED) is 0.784. The molecule has 2 fully saturated rings. The lowest BCUT2D eigenvalue weighted by Crippen LogP contribution is -2.49. The summed E-state index contributed by atoms with van der Waals surface area (Å²) >= 11 is 11.9. The molecule has 0 bridgehead atoms. The normalized spacial score (nSPS) is 19.2. The first-order valence-electron chi connectivity index (χ1n) is 8.26. The Kier molecular flexibility index (Phi) is 5.20. The fraction of sp³-hybridized carbons (Fsp3) is 0.471. The third kappa shape index (κ3) is 3.75. The molecular weight excluding hydrogens is 365 g/mol. The molecule has 1 saturated carbocycles. The molecular formula is C17H19Cl2N3O3. The summed E-state index contributed by atoms with van der Waals surface area (Å²) in [6.45, 7) is -0.0960. The number of nitrogens with one attached hydrogen (secondary N) is 2. The first kappa shape index (κ1) is 18.0. The van der Waals surface area contributed by atoms with Crippen molar-refractivity contribution in [2.24, 2.45) is 0 Å². The molecule has 1 heterocycles. The van der Waals surface area contributed by atoms with Crippen molar-refractivity contribution in [3.8, 4) is 0 Å². The van der Waals surface area contributed by atoms with Crippen LogP contribution in [0.15, 0.2) is 18.2 Å². The molecule has 1 aromatic carbocycles. The van der Waals surface area contributed by atoms with E-state index < -0.39 is 17.5 Å². The average Bonchev–Trinajstić information content (AvgIpc) is 2.79. The lowest BCUT2D eigenvalue weighted by Gasteiger charge is -2.30. The molecule has 1 aliphatic heterocycles. The summed E-state index contributed by atoms with van der Waals surface area (Å²) in [6.07, 6.45) is 4.14. The standard InChI is InChI=1S/C17H19Cl2N3O3/c18-12-5-4-11(13(19)8-12)9-20-14(23)10-22-15(24)17(21-16(22)25)6-2-1-3-7-17/h4-5,8H,1-3,6-7,9-10H2,(H,20,23)(H,21,25). The highest BCUT2D eigenvalue weighted by Crippen LogP contribution is 2.33. The number of nitrogens with zero attached hydrogens (tertiary/aromatic N) is 1. The second-order valence-corrected chi connectivity index (χ2v) is 7.32. The molecule has 0 atom stereocenters. The Morgan fingerprint density at radius 1 is 1.20 bits per heavy atom. The maximum absolute atomic E-state index is 12.6. The van der Waals surface area contributed by atoms with E-state index in [9.17, 15) is 14.4 Å². The van der Waals surface area contributed by atoms with Gasteiger partial charge in [-0.3, -0.25) is 14.5 Å². The van der Waals surface area contributed by atoms with Crippen LogP contribution in [0.2, 0.25) is 10.0 Å². The van der Waals surface area contributed by atoms with E-state index in [2.05, 4.69) is 10.6 Å². The lowest BCUT2D eigenvalue weighted by molar-refractivity contribution is -0.135. The van der Waals surface area contributed by atoms with Crippen molar-refractivity contribution in [3.05, 3.63) is 33.8 Å². The van der Waals surface area contributed by atoms with Gasteiger partial charge in [0.2, 0.25) is 5.91 Å². The molecule has 6 nitrogen and oxygen atoms in total. The highest BCUT2D eigenvalue weighted by molar-refractivity contribution is 6.35. The Bertz CT molecular complexity index is 717. The van der Waals surface area contributed by atoms with Crippen LogP contribution in [0, 0.1) is 0 Å². The van der Waals surface area contributed by atoms with Crippen LogP contribution >= 0.6 is 23.2 Å². The number of urea groups is 1. The Labute approximate surface area is 155 Å². The molecule has 8 heteroatoms. The van der Waals surface area contributed by atoms with Crippen LogP contribution in [0.5, 0.6) is 0 Å². The minimum absolute atomic E-state index is 0.198. The monoisotopic (exact) mass is 383 g/mol. The predicted molar refractivity (Wildman–Crippen MR) is 94.4 cm³/mol. The van der Waals surface area contributed by atoms with Gasteiger partial charge >= 0.3 is 6.03 Å². The van der Waals surface area contributed by atoms with Crippen molar-refractivity contribution >= 4 is 41.0 Å². The number of hydrogen-bond donors (Lipinski definition) is 2. The maximum atomic E-state index is 12.6. The first-order valence-corrected chi connectivity index (χ1v) is 9.02. The average molecular weight is 384 g/mol. The zero-order valence-electron chi connectivity index (χ0n) is 13.6. The highest BCUT2D eigenvalue weighted by Gasteiger charge is 2.51. The van der Waals surface area contributed by atoms with Gasteiger partial charge in [0.15, 0.2) is 0 Å². The van der Waals surface area contributed by atoms with Crippen molar-refractivity contribution < 1.29 is 14.4 Å². The van der Waals surface area contributed by atoms with Crippen molar-refractivity contribution in [1.82, 2.24) is 15.5 Å². The number of carbonyl (C=O) groups excluding carboxylic acids is 3. The largest absolute Gasteiger partial charge is 0.350 e. The van der Waals surface area contributed by atoms with Gasteiger partial charge in [0.1, 0.15) is 12.1 Å². The highest BCUT2D eigenvalue weighted by atomic mass is 35.5. The second kappa shape index (κ2) is 7.22. The van der Waals surface area contributed by atoms with Crippen molar-refractivity contribution in [2.75, 3.05) is 6.54 Å². The van der Waals surface area contributed by atoms with Crippen molar-refractivity contribution in [3.63, 3.8) is 0 Å². The van der Waals surface area contributed by atoms with E-state index in [0.29, 0.717) is 28.5 Å². The summed E-state index contributed by atoms with van der Waals surface area (Å²) in [5, 5.41) is 6.42. The molecule has 0 aromatic heterocycles. The van der Waals surface area contributed by atoms with Gasteiger partial charge in [-0.1, -0.05) is 48.5 Å². The first-order chi connectivity index (χ1) is 11.9. The summed E-state index contributed by atoms with van der Waals surface area (Å²) < 4.78 is 0. The Morgan fingerprint density at radius 3 is 2.60 bits per heavy atom. The summed E-state index contributed by atoms with van der Waals surface area (Å²) in [6, 6.07) is 4.50. The fourth-order valence-corrected chi connectivity index (χ4v) is 3.85. The van der Waals surface area contributed by atoms with Gasteiger partial charge in [0.25, 0.3) is 5.91 Å².